The monoisotopic (exact) mass is 283 g/mol. The molecule has 0 saturated carbocycles. The Kier molecular flexibility index (Phi) is 3.30. The van der Waals surface area contributed by atoms with Crippen LogP contribution in [0.3, 0.4) is 0 Å². The van der Waals surface area contributed by atoms with Crippen LogP contribution >= 0.6 is 15.9 Å². The van der Waals surface area contributed by atoms with Gasteiger partial charge in [-0.1, -0.05) is 15.9 Å². The zero-order chi connectivity index (χ0) is 11.7. The number of aldehydes is 1. The van der Waals surface area contributed by atoms with Gasteiger partial charge in [0.25, 0.3) is 0 Å². The molecule has 0 saturated heterocycles. The topological polar surface area (TPSA) is 52.3 Å². The lowest BCUT2D eigenvalue weighted by Gasteiger charge is -2.29. The summed E-state index contributed by atoms with van der Waals surface area (Å²) in [5.41, 5.74) is 8.08. The van der Waals surface area contributed by atoms with Crippen LogP contribution < -0.4 is 10.5 Å². The van der Waals surface area contributed by atoms with Crippen LogP contribution in [0.1, 0.15) is 23.5 Å². The van der Waals surface area contributed by atoms with E-state index in [1.807, 2.05) is 12.1 Å². The van der Waals surface area contributed by atoms with Gasteiger partial charge in [0.2, 0.25) is 0 Å². The van der Waals surface area contributed by atoms with Gasteiger partial charge in [0.05, 0.1) is 13.0 Å². The zero-order valence-electron chi connectivity index (χ0n) is 9.07. The molecular formula is C12H14BrNO2. The van der Waals surface area contributed by atoms with Crippen LogP contribution in [0, 0.1) is 0 Å². The lowest BCUT2D eigenvalue weighted by Crippen LogP contribution is -2.34. The summed E-state index contributed by atoms with van der Waals surface area (Å²) < 4.78 is 6.34. The van der Waals surface area contributed by atoms with E-state index in [0.717, 1.165) is 40.5 Å². The van der Waals surface area contributed by atoms with E-state index in [1.54, 1.807) is 7.11 Å². The predicted molar refractivity (Wildman–Crippen MR) is 65.8 cm³/mol. The van der Waals surface area contributed by atoms with E-state index in [0.29, 0.717) is 0 Å². The number of rotatable bonds is 2. The molecule has 2 atom stereocenters. The van der Waals surface area contributed by atoms with Gasteiger partial charge in [0, 0.05) is 16.1 Å². The summed E-state index contributed by atoms with van der Waals surface area (Å²) in [6.07, 6.45) is 2.65. The SMILES string of the molecule is COc1ccc(Br)c2c1C(C=O)C(N)CC2. The Balaban J connectivity index is 2.61. The number of methoxy groups -OCH3 is 1. The summed E-state index contributed by atoms with van der Waals surface area (Å²) >= 11 is 3.51. The number of carbonyl (C=O) groups excluding carboxylic acids is 1. The molecule has 3 nitrogen and oxygen atoms in total. The number of benzene rings is 1. The van der Waals surface area contributed by atoms with Crippen LogP contribution in [-0.4, -0.2) is 19.4 Å². The van der Waals surface area contributed by atoms with Crippen molar-refractivity contribution in [1.82, 2.24) is 0 Å². The second-order valence-electron chi connectivity index (χ2n) is 4.01. The van der Waals surface area contributed by atoms with Gasteiger partial charge < -0.3 is 15.3 Å². The lowest BCUT2D eigenvalue weighted by molar-refractivity contribution is -0.109. The highest BCUT2D eigenvalue weighted by Crippen LogP contribution is 2.39. The number of carbonyl (C=O) groups is 1. The van der Waals surface area contributed by atoms with Crippen molar-refractivity contribution in [2.75, 3.05) is 7.11 Å². The van der Waals surface area contributed by atoms with Crippen LogP contribution in [0.4, 0.5) is 0 Å². The molecule has 1 aromatic carbocycles. The molecule has 1 aromatic rings. The molecular weight excluding hydrogens is 270 g/mol. The van der Waals surface area contributed by atoms with Crippen LogP contribution in [0.25, 0.3) is 0 Å². The highest BCUT2D eigenvalue weighted by molar-refractivity contribution is 9.10. The lowest BCUT2D eigenvalue weighted by atomic mass is 9.80. The molecule has 0 radical (unpaired) electrons. The molecule has 0 spiro atoms. The van der Waals surface area contributed by atoms with Gasteiger partial charge >= 0.3 is 0 Å². The Morgan fingerprint density at radius 1 is 1.56 bits per heavy atom. The highest BCUT2D eigenvalue weighted by atomic mass is 79.9. The first-order valence-corrected chi connectivity index (χ1v) is 6.04. The second kappa shape index (κ2) is 4.55. The van der Waals surface area contributed by atoms with E-state index in [1.165, 1.54) is 0 Å². The van der Waals surface area contributed by atoms with E-state index in [2.05, 4.69) is 15.9 Å². The van der Waals surface area contributed by atoms with Crippen molar-refractivity contribution in [2.45, 2.75) is 24.8 Å². The summed E-state index contributed by atoms with van der Waals surface area (Å²) in [5.74, 6) is 0.502. The number of hydrogen-bond acceptors (Lipinski definition) is 3. The van der Waals surface area contributed by atoms with Crippen molar-refractivity contribution < 1.29 is 9.53 Å². The van der Waals surface area contributed by atoms with Crippen molar-refractivity contribution in [3.63, 3.8) is 0 Å². The summed E-state index contributed by atoms with van der Waals surface area (Å²) in [5, 5.41) is 0. The Morgan fingerprint density at radius 3 is 2.94 bits per heavy atom. The van der Waals surface area contributed by atoms with Crippen molar-refractivity contribution in [3.8, 4) is 5.75 Å². The van der Waals surface area contributed by atoms with E-state index >= 15 is 0 Å². The average Bonchev–Trinajstić information content (AvgIpc) is 2.29. The van der Waals surface area contributed by atoms with Gasteiger partial charge in [-0.05, 0) is 30.5 Å². The maximum atomic E-state index is 11.2. The number of nitrogens with two attached hydrogens (primary N) is 1. The fraction of sp³-hybridized carbons (Fsp3) is 0.417. The molecule has 2 rings (SSSR count). The molecule has 1 aliphatic carbocycles. The minimum absolute atomic E-state index is 0.104. The van der Waals surface area contributed by atoms with Crippen molar-refractivity contribution in [2.24, 2.45) is 5.73 Å². The quantitative estimate of drug-likeness (QED) is 0.845. The largest absolute Gasteiger partial charge is 0.496 e. The zero-order valence-corrected chi connectivity index (χ0v) is 10.7. The molecule has 4 heteroatoms. The maximum absolute atomic E-state index is 11.2. The third-order valence-electron chi connectivity index (χ3n) is 3.15. The Bertz CT molecular complexity index is 420. The van der Waals surface area contributed by atoms with Gasteiger partial charge in [-0.25, -0.2) is 0 Å². The summed E-state index contributed by atoms with van der Waals surface area (Å²) in [6, 6.07) is 3.72. The average molecular weight is 284 g/mol. The summed E-state index contributed by atoms with van der Waals surface area (Å²) in [4.78, 5) is 11.2. The van der Waals surface area contributed by atoms with E-state index in [9.17, 15) is 4.79 Å². The van der Waals surface area contributed by atoms with Crippen molar-refractivity contribution in [3.05, 3.63) is 27.7 Å². The standard InChI is InChI=1S/C12H14BrNO2/c1-16-11-5-3-9(13)7-2-4-10(14)8(6-15)12(7)11/h3,5-6,8,10H,2,4,14H2,1H3. The third-order valence-corrected chi connectivity index (χ3v) is 3.89. The van der Waals surface area contributed by atoms with Crippen LogP contribution in [0.2, 0.25) is 0 Å². The minimum atomic E-state index is -0.254. The maximum Gasteiger partial charge on any atom is 0.129 e. The highest BCUT2D eigenvalue weighted by Gasteiger charge is 2.30. The van der Waals surface area contributed by atoms with Gasteiger partial charge in [0.15, 0.2) is 0 Å². The molecule has 0 heterocycles. The Labute approximate surface area is 103 Å². The predicted octanol–water partition coefficient (Wildman–Crippen LogP) is 2.01. The molecule has 0 aromatic heterocycles. The first kappa shape index (κ1) is 11.6. The smallest absolute Gasteiger partial charge is 0.129 e. The fourth-order valence-corrected chi connectivity index (χ4v) is 2.83. The first-order valence-electron chi connectivity index (χ1n) is 5.25. The van der Waals surface area contributed by atoms with Crippen LogP contribution in [0.15, 0.2) is 16.6 Å². The molecule has 2 N–H and O–H groups in total. The molecule has 0 amide bonds. The number of hydrogen-bond donors (Lipinski definition) is 1. The Morgan fingerprint density at radius 2 is 2.31 bits per heavy atom. The summed E-state index contributed by atoms with van der Waals surface area (Å²) in [7, 11) is 1.62. The van der Waals surface area contributed by atoms with Crippen LogP contribution in [0.5, 0.6) is 5.75 Å². The van der Waals surface area contributed by atoms with E-state index < -0.39 is 0 Å². The molecule has 86 valence electrons. The first-order chi connectivity index (χ1) is 7.69. The second-order valence-corrected chi connectivity index (χ2v) is 4.86. The molecule has 0 aliphatic heterocycles. The van der Waals surface area contributed by atoms with Gasteiger partial charge in [-0.2, -0.15) is 0 Å². The number of fused-ring (bicyclic) bond motifs is 1. The normalized spacial score (nSPS) is 23.7. The van der Waals surface area contributed by atoms with Crippen LogP contribution in [-0.2, 0) is 11.2 Å². The minimum Gasteiger partial charge on any atom is -0.496 e. The Hall–Kier alpha value is -0.870. The van der Waals surface area contributed by atoms with Gasteiger partial charge in [-0.3, -0.25) is 0 Å². The van der Waals surface area contributed by atoms with Gasteiger partial charge in [-0.15, -0.1) is 0 Å². The summed E-state index contributed by atoms with van der Waals surface area (Å²) in [6.45, 7) is 0. The number of halogens is 1. The molecule has 2 unspecified atom stereocenters. The molecule has 0 fully saturated rings. The van der Waals surface area contributed by atoms with E-state index in [4.69, 9.17) is 10.5 Å². The molecule has 16 heavy (non-hydrogen) atoms. The third kappa shape index (κ3) is 1.76. The van der Waals surface area contributed by atoms with E-state index in [-0.39, 0.29) is 12.0 Å². The van der Waals surface area contributed by atoms with Crippen molar-refractivity contribution in [1.29, 1.82) is 0 Å². The van der Waals surface area contributed by atoms with Crippen molar-refractivity contribution >= 4 is 22.2 Å². The molecule has 0 bridgehead atoms. The number of ether oxygens (including phenoxy) is 1. The fourth-order valence-electron chi connectivity index (χ4n) is 2.29. The van der Waals surface area contributed by atoms with Gasteiger partial charge in [0.1, 0.15) is 12.0 Å². The molecule has 1 aliphatic rings.